The average molecular weight is 233 g/mol. The van der Waals surface area contributed by atoms with Gasteiger partial charge in [-0.15, -0.1) is 0 Å². The van der Waals surface area contributed by atoms with Crippen molar-refractivity contribution in [2.45, 2.75) is 31.7 Å². The molecule has 1 atom stereocenters. The van der Waals surface area contributed by atoms with Crippen molar-refractivity contribution in [3.8, 4) is 0 Å². The van der Waals surface area contributed by atoms with Crippen molar-refractivity contribution in [1.82, 2.24) is 20.3 Å². The largest absolute Gasteiger partial charge is 0.316 e. The fourth-order valence-electron chi connectivity index (χ4n) is 2.61. The fraction of sp³-hybridized carbons (Fsp3) is 0.667. The zero-order chi connectivity index (χ0) is 11.7. The first kappa shape index (κ1) is 10.9. The van der Waals surface area contributed by atoms with Crippen molar-refractivity contribution < 1.29 is 0 Å². The van der Waals surface area contributed by atoms with Gasteiger partial charge in [0.25, 0.3) is 0 Å². The molecular formula is C12H19N5. The molecule has 5 heteroatoms. The van der Waals surface area contributed by atoms with E-state index in [2.05, 4.69) is 25.7 Å². The van der Waals surface area contributed by atoms with Gasteiger partial charge in [0.2, 0.25) is 5.95 Å². The lowest BCUT2D eigenvalue weighted by atomic mass is 10.3. The highest BCUT2D eigenvalue weighted by Crippen LogP contribution is 2.20. The molecule has 2 N–H and O–H groups in total. The Morgan fingerprint density at radius 3 is 3.18 bits per heavy atom. The smallest absolute Gasteiger partial charge is 0.237 e. The Bertz CT molecular complexity index is 406. The molecular weight excluding hydrogens is 214 g/mol. The molecule has 1 unspecified atom stereocenters. The maximum absolute atomic E-state index is 4.58. The third kappa shape index (κ3) is 2.25. The van der Waals surface area contributed by atoms with Crippen LogP contribution in [0.2, 0.25) is 0 Å². The van der Waals surface area contributed by atoms with E-state index in [1.54, 1.807) is 0 Å². The van der Waals surface area contributed by atoms with E-state index < -0.39 is 0 Å². The first-order chi connectivity index (χ1) is 8.35. The Morgan fingerprint density at radius 1 is 1.41 bits per heavy atom. The van der Waals surface area contributed by atoms with Crippen LogP contribution in [0.1, 0.15) is 24.1 Å². The van der Waals surface area contributed by atoms with Crippen LogP contribution in [-0.2, 0) is 12.8 Å². The van der Waals surface area contributed by atoms with E-state index >= 15 is 0 Å². The summed E-state index contributed by atoms with van der Waals surface area (Å²) in [7, 11) is 2.01. The molecule has 1 saturated heterocycles. The molecule has 0 bridgehead atoms. The Hall–Kier alpha value is -1.20. The Kier molecular flexibility index (Phi) is 2.94. The van der Waals surface area contributed by atoms with Gasteiger partial charge in [0, 0.05) is 31.0 Å². The molecule has 92 valence electrons. The molecule has 0 aromatic carbocycles. The van der Waals surface area contributed by atoms with Gasteiger partial charge in [-0.2, -0.15) is 0 Å². The number of aromatic nitrogens is 2. The van der Waals surface area contributed by atoms with E-state index in [0.717, 1.165) is 31.9 Å². The van der Waals surface area contributed by atoms with Crippen LogP contribution >= 0.6 is 0 Å². The number of aryl methyl sites for hydroxylation is 2. The molecule has 5 nitrogen and oxygen atoms in total. The van der Waals surface area contributed by atoms with E-state index in [9.17, 15) is 0 Å². The Morgan fingerprint density at radius 2 is 2.35 bits per heavy atom. The normalized spacial score (nSPS) is 23.9. The minimum Gasteiger partial charge on any atom is -0.316 e. The second kappa shape index (κ2) is 4.58. The van der Waals surface area contributed by atoms with Crippen LogP contribution in [0, 0.1) is 0 Å². The number of nitrogens with zero attached hydrogens (tertiary/aromatic N) is 3. The summed E-state index contributed by atoms with van der Waals surface area (Å²) in [5, 5.41) is 5.49. The van der Waals surface area contributed by atoms with E-state index in [0.29, 0.717) is 6.04 Å². The molecule has 17 heavy (non-hydrogen) atoms. The summed E-state index contributed by atoms with van der Waals surface area (Å²) in [6, 6.07) is 0.580. The summed E-state index contributed by atoms with van der Waals surface area (Å²) in [4.78, 5) is 8.96. The number of hydrazine groups is 1. The number of hydrogen-bond acceptors (Lipinski definition) is 5. The molecule has 0 spiro atoms. The lowest BCUT2D eigenvalue weighted by Crippen LogP contribution is -2.33. The van der Waals surface area contributed by atoms with Gasteiger partial charge in [-0.3, -0.25) is 5.43 Å². The lowest BCUT2D eigenvalue weighted by Gasteiger charge is -2.17. The monoisotopic (exact) mass is 233 g/mol. The summed E-state index contributed by atoms with van der Waals surface area (Å²) >= 11 is 0. The Balaban J connectivity index is 1.65. The maximum Gasteiger partial charge on any atom is 0.237 e. The highest BCUT2D eigenvalue weighted by atomic mass is 15.5. The van der Waals surface area contributed by atoms with Gasteiger partial charge in [-0.05, 0) is 38.3 Å². The Labute approximate surface area is 102 Å². The van der Waals surface area contributed by atoms with Crippen LogP contribution in [0.15, 0.2) is 6.20 Å². The molecule has 1 aliphatic heterocycles. The number of likely N-dealkylation sites (N-methyl/N-ethyl adjacent to an activating group) is 1. The first-order valence-corrected chi connectivity index (χ1v) is 6.39. The van der Waals surface area contributed by atoms with Crippen molar-refractivity contribution in [3.63, 3.8) is 0 Å². The number of hydrogen-bond donors (Lipinski definition) is 2. The second-order valence-corrected chi connectivity index (χ2v) is 4.85. The standard InChI is InChI=1S/C12H19N5/c1-13-10-5-6-17(8-10)16-12-14-7-9-3-2-4-11(9)15-12/h7,10,13H,2-6,8H2,1H3,(H,14,15,16). The van der Waals surface area contributed by atoms with Gasteiger partial charge < -0.3 is 5.32 Å². The summed E-state index contributed by atoms with van der Waals surface area (Å²) in [6.45, 7) is 2.06. The van der Waals surface area contributed by atoms with Gasteiger partial charge in [-0.25, -0.2) is 15.0 Å². The van der Waals surface area contributed by atoms with Gasteiger partial charge in [-0.1, -0.05) is 0 Å². The lowest BCUT2D eigenvalue weighted by molar-refractivity contribution is 0.392. The van der Waals surface area contributed by atoms with E-state index in [1.165, 1.54) is 24.1 Å². The zero-order valence-corrected chi connectivity index (χ0v) is 10.2. The minimum absolute atomic E-state index is 0.580. The number of rotatable bonds is 3. The first-order valence-electron chi connectivity index (χ1n) is 6.39. The van der Waals surface area contributed by atoms with Gasteiger partial charge in [0.05, 0.1) is 0 Å². The number of fused-ring (bicyclic) bond motifs is 1. The molecule has 1 aliphatic carbocycles. The average Bonchev–Trinajstić information content (AvgIpc) is 2.96. The van der Waals surface area contributed by atoms with Gasteiger partial charge in [0.1, 0.15) is 0 Å². The topological polar surface area (TPSA) is 53.1 Å². The molecule has 2 heterocycles. The van der Waals surface area contributed by atoms with Gasteiger partial charge in [0.15, 0.2) is 0 Å². The minimum atomic E-state index is 0.580. The molecule has 1 aromatic rings. The van der Waals surface area contributed by atoms with Crippen LogP contribution in [0.25, 0.3) is 0 Å². The van der Waals surface area contributed by atoms with E-state index in [-0.39, 0.29) is 0 Å². The fourth-order valence-corrected chi connectivity index (χ4v) is 2.61. The third-order valence-corrected chi connectivity index (χ3v) is 3.67. The van der Waals surface area contributed by atoms with Crippen LogP contribution in [0.4, 0.5) is 5.95 Å². The van der Waals surface area contributed by atoms with E-state index in [1.807, 2.05) is 13.2 Å². The highest BCUT2D eigenvalue weighted by molar-refractivity contribution is 5.31. The van der Waals surface area contributed by atoms with Gasteiger partial charge >= 0.3 is 0 Å². The van der Waals surface area contributed by atoms with Crippen LogP contribution < -0.4 is 10.7 Å². The number of anilines is 1. The van der Waals surface area contributed by atoms with Crippen LogP contribution in [0.5, 0.6) is 0 Å². The summed E-state index contributed by atoms with van der Waals surface area (Å²) in [6.07, 6.45) is 6.61. The molecule has 3 rings (SSSR count). The second-order valence-electron chi connectivity index (χ2n) is 4.85. The quantitative estimate of drug-likeness (QED) is 0.800. The molecule has 2 aliphatic rings. The molecule has 1 fully saturated rings. The molecule has 0 saturated carbocycles. The molecule has 0 amide bonds. The maximum atomic E-state index is 4.58. The number of nitrogens with one attached hydrogen (secondary N) is 2. The van der Waals surface area contributed by atoms with Crippen molar-refractivity contribution in [1.29, 1.82) is 0 Å². The molecule has 0 radical (unpaired) electrons. The summed E-state index contributed by atoms with van der Waals surface area (Å²) in [5.41, 5.74) is 5.86. The van der Waals surface area contributed by atoms with Crippen molar-refractivity contribution in [3.05, 3.63) is 17.5 Å². The van der Waals surface area contributed by atoms with Crippen LogP contribution in [0.3, 0.4) is 0 Å². The van der Waals surface area contributed by atoms with Crippen LogP contribution in [-0.4, -0.2) is 41.2 Å². The highest BCUT2D eigenvalue weighted by Gasteiger charge is 2.22. The van der Waals surface area contributed by atoms with Crippen molar-refractivity contribution in [2.24, 2.45) is 0 Å². The third-order valence-electron chi connectivity index (χ3n) is 3.67. The van der Waals surface area contributed by atoms with E-state index in [4.69, 9.17) is 0 Å². The summed E-state index contributed by atoms with van der Waals surface area (Å²) in [5.74, 6) is 0.752. The van der Waals surface area contributed by atoms with Crippen molar-refractivity contribution in [2.75, 3.05) is 25.6 Å². The molecule has 1 aromatic heterocycles. The van der Waals surface area contributed by atoms with Crippen molar-refractivity contribution >= 4 is 5.95 Å². The SMILES string of the molecule is CNC1CCN(Nc2ncc3c(n2)CCC3)C1. The summed E-state index contributed by atoms with van der Waals surface area (Å²) < 4.78 is 0. The zero-order valence-electron chi connectivity index (χ0n) is 10.2. The predicted molar refractivity (Wildman–Crippen MR) is 66.7 cm³/mol. The predicted octanol–water partition coefficient (Wildman–Crippen LogP) is 0.586.